The number of anilines is 2. The molecule has 0 unspecified atom stereocenters. The van der Waals surface area contributed by atoms with Crippen LogP contribution >= 0.6 is 0 Å². The minimum Gasteiger partial charge on any atom is -0.464 e. The Morgan fingerprint density at radius 1 is 1.45 bits per heavy atom. The standard InChI is InChI=1S/C12H11FN4O3/c1-20-12(19)10-9(15-5-16-10)11(18)17-6-2-3-8(14)7(13)4-6/h2-5H,14H2,1H3,(H,15,16)(H,17,18). The predicted molar refractivity (Wildman–Crippen MR) is 68.7 cm³/mol. The Kier molecular flexibility index (Phi) is 3.65. The van der Waals surface area contributed by atoms with Crippen LogP contribution in [0.5, 0.6) is 0 Å². The molecule has 0 aliphatic rings. The SMILES string of the molecule is COC(=O)c1[nH]cnc1C(=O)Nc1ccc(N)c(F)c1. The van der Waals surface area contributed by atoms with Crippen LogP contribution in [0.4, 0.5) is 15.8 Å². The number of nitrogens with zero attached hydrogens (tertiary/aromatic N) is 1. The lowest BCUT2D eigenvalue weighted by Crippen LogP contribution is -2.17. The van der Waals surface area contributed by atoms with E-state index in [2.05, 4.69) is 20.0 Å². The molecule has 0 radical (unpaired) electrons. The Morgan fingerprint density at radius 2 is 2.20 bits per heavy atom. The number of halogens is 1. The molecule has 0 aliphatic heterocycles. The molecule has 1 aromatic carbocycles. The Bertz CT molecular complexity index is 668. The molecule has 0 fully saturated rings. The van der Waals surface area contributed by atoms with Crippen molar-refractivity contribution in [2.45, 2.75) is 0 Å². The van der Waals surface area contributed by atoms with Gasteiger partial charge in [0.2, 0.25) is 0 Å². The topological polar surface area (TPSA) is 110 Å². The molecule has 0 atom stereocenters. The third-order valence-corrected chi connectivity index (χ3v) is 2.50. The minimum atomic E-state index is -0.726. The van der Waals surface area contributed by atoms with Crippen LogP contribution in [0.25, 0.3) is 0 Å². The number of esters is 1. The number of aromatic amines is 1. The van der Waals surface area contributed by atoms with Crippen molar-refractivity contribution in [3.05, 3.63) is 41.7 Å². The zero-order valence-corrected chi connectivity index (χ0v) is 10.4. The fourth-order valence-corrected chi connectivity index (χ4v) is 1.52. The van der Waals surface area contributed by atoms with Crippen LogP contribution < -0.4 is 11.1 Å². The normalized spacial score (nSPS) is 10.1. The number of benzene rings is 1. The molecule has 0 aliphatic carbocycles. The number of H-pyrrole nitrogens is 1. The number of nitrogen functional groups attached to an aromatic ring is 1. The molecular formula is C12H11FN4O3. The number of rotatable bonds is 3. The number of nitrogens with two attached hydrogens (primary N) is 1. The van der Waals surface area contributed by atoms with Crippen LogP contribution in [-0.4, -0.2) is 29.0 Å². The van der Waals surface area contributed by atoms with E-state index in [9.17, 15) is 14.0 Å². The van der Waals surface area contributed by atoms with E-state index in [4.69, 9.17) is 5.73 Å². The van der Waals surface area contributed by atoms with Gasteiger partial charge >= 0.3 is 5.97 Å². The molecule has 1 amide bonds. The van der Waals surface area contributed by atoms with Crippen LogP contribution in [0.2, 0.25) is 0 Å². The first kappa shape index (κ1) is 13.5. The summed E-state index contributed by atoms with van der Waals surface area (Å²) in [6, 6.07) is 3.81. The molecule has 2 aromatic rings. The highest BCUT2D eigenvalue weighted by Gasteiger charge is 2.21. The van der Waals surface area contributed by atoms with Crippen molar-refractivity contribution < 1.29 is 18.7 Å². The number of nitrogens with one attached hydrogen (secondary N) is 2. The second-order valence-electron chi connectivity index (χ2n) is 3.81. The molecular weight excluding hydrogens is 267 g/mol. The highest BCUT2D eigenvalue weighted by molar-refractivity contribution is 6.09. The number of aromatic nitrogens is 2. The van der Waals surface area contributed by atoms with Gasteiger partial charge in [-0.3, -0.25) is 4.79 Å². The average molecular weight is 278 g/mol. The van der Waals surface area contributed by atoms with E-state index in [1.165, 1.54) is 25.6 Å². The van der Waals surface area contributed by atoms with Crippen molar-refractivity contribution in [1.82, 2.24) is 9.97 Å². The largest absolute Gasteiger partial charge is 0.464 e. The van der Waals surface area contributed by atoms with Gasteiger partial charge in [0, 0.05) is 5.69 Å². The van der Waals surface area contributed by atoms with Crippen molar-refractivity contribution in [3.63, 3.8) is 0 Å². The fourth-order valence-electron chi connectivity index (χ4n) is 1.52. The third-order valence-electron chi connectivity index (χ3n) is 2.50. The third kappa shape index (κ3) is 2.58. The molecule has 0 spiro atoms. The highest BCUT2D eigenvalue weighted by atomic mass is 19.1. The van der Waals surface area contributed by atoms with Crippen molar-refractivity contribution in [1.29, 1.82) is 0 Å². The van der Waals surface area contributed by atoms with Gasteiger partial charge < -0.3 is 20.8 Å². The Balaban J connectivity index is 2.22. The van der Waals surface area contributed by atoms with E-state index >= 15 is 0 Å². The fraction of sp³-hybridized carbons (Fsp3) is 0.0833. The summed E-state index contributed by atoms with van der Waals surface area (Å²) in [5.41, 5.74) is 5.27. The van der Waals surface area contributed by atoms with Gasteiger partial charge in [-0.15, -0.1) is 0 Å². The first-order chi connectivity index (χ1) is 9.52. The Labute approximate surface area is 113 Å². The van der Waals surface area contributed by atoms with Crippen LogP contribution in [-0.2, 0) is 4.74 Å². The van der Waals surface area contributed by atoms with E-state index in [0.717, 1.165) is 6.07 Å². The Morgan fingerprint density at radius 3 is 2.85 bits per heavy atom. The van der Waals surface area contributed by atoms with Crippen molar-refractivity contribution >= 4 is 23.3 Å². The molecule has 20 heavy (non-hydrogen) atoms. The van der Waals surface area contributed by atoms with Crippen LogP contribution in [0.1, 0.15) is 21.0 Å². The van der Waals surface area contributed by atoms with Crippen molar-refractivity contribution in [2.24, 2.45) is 0 Å². The zero-order valence-electron chi connectivity index (χ0n) is 10.4. The number of hydrogen-bond acceptors (Lipinski definition) is 5. The van der Waals surface area contributed by atoms with E-state index in [1.54, 1.807) is 0 Å². The molecule has 0 saturated carbocycles. The summed E-state index contributed by atoms with van der Waals surface area (Å²) in [6.07, 6.45) is 1.19. The van der Waals surface area contributed by atoms with Gasteiger partial charge in [0.15, 0.2) is 11.4 Å². The lowest BCUT2D eigenvalue weighted by atomic mass is 10.2. The number of methoxy groups -OCH3 is 1. The summed E-state index contributed by atoms with van der Waals surface area (Å²) in [5, 5.41) is 2.41. The molecule has 1 aromatic heterocycles. The van der Waals surface area contributed by atoms with Gasteiger partial charge in [-0.25, -0.2) is 14.2 Å². The first-order valence-electron chi connectivity index (χ1n) is 5.51. The smallest absolute Gasteiger partial charge is 0.356 e. The summed E-state index contributed by atoms with van der Waals surface area (Å²) in [7, 11) is 1.18. The van der Waals surface area contributed by atoms with E-state index in [0.29, 0.717) is 0 Å². The molecule has 4 N–H and O–H groups in total. The van der Waals surface area contributed by atoms with Gasteiger partial charge in [0.05, 0.1) is 19.1 Å². The molecule has 0 bridgehead atoms. The monoisotopic (exact) mass is 278 g/mol. The van der Waals surface area contributed by atoms with E-state index < -0.39 is 17.7 Å². The maximum Gasteiger partial charge on any atom is 0.356 e. The molecule has 104 valence electrons. The lowest BCUT2D eigenvalue weighted by molar-refractivity contribution is 0.0591. The number of amides is 1. The summed E-state index contributed by atoms with van der Waals surface area (Å²) in [5.74, 6) is -2.05. The summed E-state index contributed by atoms with van der Waals surface area (Å²) >= 11 is 0. The average Bonchev–Trinajstić information content (AvgIpc) is 2.91. The molecule has 8 heteroatoms. The number of carbonyl (C=O) groups excluding carboxylic acids is 2. The summed E-state index contributed by atoms with van der Waals surface area (Å²) in [6.45, 7) is 0. The van der Waals surface area contributed by atoms with Crippen LogP contribution in [0.15, 0.2) is 24.5 Å². The quantitative estimate of drug-likeness (QED) is 0.576. The lowest BCUT2D eigenvalue weighted by Gasteiger charge is -2.05. The van der Waals surface area contributed by atoms with E-state index in [1.807, 2.05) is 0 Å². The zero-order chi connectivity index (χ0) is 14.7. The van der Waals surface area contributed by atoms with Gasteiger partial charge in [-0.1, -0.05) is 0 Å². The molecule has 1 heterocycles. The van der Waals surface area contributed by atoms with Gasteiger partial charge in [-0.05, 0) is 18.2 Å². The first-order valence-corrected chi connectivity index (χ1v) is 5.51. The summed E-state index contributed by atoms with van der Waals surface area (Å²) < 4.78 is 17.8. The van der Waals surface area contributed by atoms with Gasteiger partial charge in [0.1, 0.15) is 5.82 Å². The number of imidazole rings is 1. The Hall–Kier alpha value is -2.90. The van der Waals surface area contributed by atoms with Gasteiger partial charge in [0.25, 0.3) is 5.91 Å². The van der Waals surface area contributed by atoms with Gasteiger partial charge in [-0.2, -0.15) is 0 Å². The van der Waals surface area contributed by atoms with E-state index in [-0.39, 0.29) is 22.8 Å². The minimum absolute atomic E-state index is 0.0296. The van der Waals surface area contributed by atoms with Crippen LogP contribution in [0, 0.1) is 5.82 Å². The molecule has 0 saturated heterocycles. The van der Waals surface area contributed by atoms with Crippen molar-refractivity contribution in [3.8, 4) is 0 Å². The highest BCUT2D eigenvalue weighted by Crippen LogP contribution is 2.17. The number of hydrogen-bond donors (Lipinski definition) is 3. The van der Waals surface area contributed by atoms with Crippen molar-refractivity contribution in [2.75, 3.05) is 18.2 Å². The second kappa shape index (κ2) is 5.39. The molecule has 2 rings (SSSR count). The number of carbonyl (C=O) groups is 2. The second-order valence-corrected chi connectivity index (χ2v) is 3.81. The summed E-state index contributed by atoms with van der Waals surface area (Å²) in [4.78, 5) is 29.6. The predicted octanol–water partition coefficient (Wildman–Crippen LogP) is 1.17. The number of ether oxygens (including phenoxy) is 1. The van der Waals surface area contributed by atoms with Crippen LogP contribution in [0.3, 0.4) is 0 Å². The molecule has 7 nitrogen and oxygen atoms in total. The maximum absolute atomic E-state index is 13.3. The maximum atomic E-state index is 13.3.